The SMILES string of the molecule is O=C1C=C2C=NC=C2c2[nH]c(=O)[nH]c21. The average Bonchev–Trinajstić information content (AvgIpc) is 2.69. The number of hydrogen-bond acceptors (Lipinski definition) is 3. The van der Waals surface area contributed by atoms with E-state index < -0.39 is 0 Å². The first kappa shape index (κ1) is 7.25. The maximum absolute atomic E-state index is 11.5. The molecule has 2 aliphatic rings. The van der Waals surface area contributed by atoms with Crippen LogP contribution >= 0.6 is 0 Å². The second-order valence-corrected chi connectivity index (χ2v) is 3.11. The molecule has 68 valence electrons. The van der Waals surface area contributed by atoms with Crippen LogP contribution in [0, 0.1) is 0 Å². The number of aliphatic imine (C=N–C) groups is 1. The maximum Gasteiger partial charge on any atom is 0.323 e. The lowest BCUT2D eigenvalue weighted by Gasteiger charge is -2.08. The number of aromatic amines is 2. The fourth-order valence-electron chi connectivity index (χ4n) is 1.64. The number of imidazole rings is 1. The van der Waals surface area contributed by atoms with Crippen LogP contribution in [0.5, 0.6) is 0 Å². The van der Waals surface area contributed by atoms with E-state index in [2.05, 4.69) is 15.0 Å². The van der Waals surface area contributed by atoms with Gasteiger partial charge in [-0.2, -0.15) is 0 Å². The van der Waals surface area contributed by atoms with Gasteiger partial charge in [0, 0.05) is 23.6 Å². The number of H-pyrrole nitrogens is 2. The molecule has 1 aliphatic carbocycles. The van der Waals surface area contributed by atoms with E-state index in [1.807, 2.05) is 0 Å². The molecule has 0 fully saturated rings. The van der Waals surface area contributed by atoms with Gasteiger partial charge < -0.3 is 9.97 Å². The van der Waals surface area contributed by atoms with Gasteiger partial charge in [-0.25, -0.2) is 4.79 Å². The number of allylic oxidation sites excluding steroid dienone is 3. The fourth-order valence-corrected chi connectivity index (χ4v) is 1.64. The van der Waals surface area contributed by atoms with Gasteiger partial charge in [0.05, 0.1) is 5.69 Å². The van der Waals surface area contributed by atoms with Crippen molar-refractivity contribution < 1.29 is 4.79 Å². The summed E-state index contributed by atoms with van der Waals surface area (Å²) in [7, 11) is 0. The van der Waals surface area contributed by atoms with Gasteiger partial charge in [-0.05, 0) is 6.08 Å². The Hall–Kier alpha value is -2.17. The quantitative estimate of drug-likeness (QED) is 0.610. The Morgan fingerprint density at radius 1 is 1.14 bits per heavy atom. The van der Waals surface area contributed by atoms with Gasteiger partial charge in [-0.15, -0.1) is 0 Å². The highest BCUT2D eigenvalue weighted by Gasteiger charge is 2.26. The van der Waals surface area contributed by atoms with Crippen LogP contribution in [0.3, 0.4) is 0 Å². The first-order valence-corrected chi connectivity index (χ1v) is 4.08. The highest BCUT2D eigenvalue weighted by molar-refractivity contribution is 6.19. The van der Waals surface area contributed by atoms with Crippen molar-refractivity contribution in [3.8, 4) is 0 Å². The van der Waals surface area contributed by atoms with Crippen LogP contribution in [0.15, 0.2) is 27.6 Å². The Morgan fingerprint density at radius 3 is 2.79 bits per heavy atom. The number of rotatable bonds is 0. The monoisotopic (exact) mass is 187 g/mol. The minimum absolute atomic E-state index is 0.196. The van der Waals surface area contributed by atoms with E-state index in [-0.39, 0.29) is 11.5 Å². The van der Waals surface area contributed by atoms with Crippen LogP contribution in [0.4, 0.5) is 0 Å². The van der Waals surface area contributed by atoms with Crippen molar-refractivity contribution in [2.75, 3.05) is 0 Å². The summed E-state index contributed by atoms with van der Waals surface area (Å²) in [6.07, 6.45) is 4.69. The Kier molecular flexibility index (Phi) is 1.14. The van der Waals surface area contributed by atoms with Crippen molar-refractivity contribution in [2.45, 2.75) is 0 Å². The number of fused-ring (bicyclic) bond motifs is 3. The lowest BCUT2D eigenvalue weighted by Crippen LogP contribution is -2.08. The molecule has 0 radical (unpaired) electrons. The molecular formula is C9H5N3O2. The zero-order chi connectivity index (χ0) is 9.71. The Labute approximate surface area is 77.9 Å². The molecule has 0 saturated heterocycles. The molecule has 5 nitrogen and oxygen atoms in total. The molecule has 0 unspecified atom stereocenters. The number of nitrogens with one attached hydrogen (secondary N) is 2. The van der Waals surface area contributed by atoms with Crippen LogP contribution < -0.4 is 5.69 Å². The van der Waals surface area contributed by atoms with Crippen LogP contribution in [-0.4, -0.2) is 22.0 Å². The molecule has 14 heavy (non-hydrogen) atoms. The summed E-state index contributed by atoms with van der Waals surface area (Å²) in [5, 5.41) is 0. The van der Waals surface area contributed by atoms with Gasteiger partial charge in [-0.3, -0.25) is 9.79 Å². The number of hydrogen-bond donors (Lipinski definition) is 2. The van der Waals surface area contributed by atoms with Crippen LogP contribution in [0.2, 0.25) is 0 Å². The van der Waals surface area contributed by atoms with E-state index in [1.54, 1.807) is 12.4 Å². The number of nitrogens with zero attached hydrogens (tertiary/aromatic N) is 1. The van der Waals surface area contributed by atoms with Crippen LogP contribution in [0.25, 0.3) is 5.57 Å². The molecule has 0 bridgehead atoms. The smallest absolute Gasteiger partial charge is 0.305 e. The summed E-state index contributed by atoms with van der Waals surface area (Å²) in [5.41, 5.74) is 2.02. The molecule has 0 spiro atoms. The third kappa shape index (κ3) is 0.756. The van der Waals surface area contributed by atoms with Crippen molar-refractivity contribution in [1.29, 1.82) is 0 Å². The van der Waals surface area contributed by atoms with E-state index in [0.29, 0.717) is 11.4 Å². The minimum atomic E-state index is -0.370. The summed E-state index contributed by atoms with van der Waals surface area (Å²) in [4.78, 5) is 31.5. The largest absolute Gasteiger partial charge is 0.323 e. The van der Waals surface area contributed by atoms with Gasteiger partial charge >= 0.3 is 5.69 Å². The summed E-state index contributed by atoms with van der Waals surface area (Å²) < 4.78 is 0. The molecule has 2 N–H and O–H groups in total. The third-order valence-electron chi connectivity index (χ3n) is 2.26. The molecule has 0 aromatic carbocycles. The van der Waals surface area contributed by atoms with E-state index in [0.717, 1.165) is 11.1 Å². The zero-order valence-corrected chi connectivity index (χ0v) is 7.00. The lowest BCUT2D eigenvalue weighted by atomic mass is 9.96. The molecule has 5 heteroatoms. The van der Waals surface area contributed by atoms with Gasteiger partial charge in [0.2, 0.25) is 5.78 Å². The van der Waals surface area contributed by atoms with Crippen molar-refractivity contribution in [1.82, 2.24) is 9.97 Å². The summed E-state index contributed by atoms with van der Waals surface area (Å²) in [6, 6.07) is 0. The van der Waals surface area contributed by atoms with Gasteiger partial charge in [0.25, 0.3) is 0 Å². The second kappa shape index (κ2) is 2.20. The molecule has 0 amide bonds. The van der Waals surface area contributed by atoms with E-state index in [1.165, 1.54) is 6.08 Å². The second-order valence-electron chi connectivity index (χ2n) is 3.11. The molecule has 1 aromatic rings. The zero-order valence-electron chi connectivity index (χ0n) is 7.00. The minimum Gasteiger partial charge on any atom is -0.305 e. The maximum atomic E-state index is 11.5. The van der Waals surface area contributed by atoms with Crippen molar-refractivity contribution in [3.05, 3.63) is 39.7 Å². The van der Waals surface area contributed by atoms with Crippen molar-refractivity contribution in [3.63, 3.8) is 0 Å². The standard InChI is InChI=1S/C9H5N3O2/c13-6-1-4-2-10-3-5(4)7-8(6)12-9(14)11-7/h1-3H,(H2,11,12,14). The van der Waals surface area contributed by atoms with E-state index in [4.69, 9.17) is 0 Å². The number of ketones is 1. The molecule has 1 aromatic heterocycles. The molecule has 0 atom stereocenters. The average molecular weight is 187 g/mol. The topological polar surface area (TPSA) is 78.1 Å². The highest BCUT2D eigenvalue weighted by Crippen LogP contribution is 2.30. The summed E-state index contributed by atoms with van der Waals surface area (Å²) in [5.74, 6) is -0.196. The molecule has 1 aliphatic heterocycles. The first-order valence-electron chi connectivity index (χ1n) is 4.08. The van der Waals surface area contributed by atoms with Crippen molar-refractivity contribution in [2.24, 2.45) is 4.99 Å². The number of aromatic nitrogens is 2. The third-order valence-corrected chi connectivity index (χ3v) is 2.26. The molecule has 3 rings (SSSR count). The lowest BCUT2D eigenvalue weighted by molar-refractivity contribution is 0.104. The van der Waals surface area contributed by atoms with Crippen LogP contribution in [-0.2, 0) is 0 Å². The van der Waals surface area contributed by atoms with Crippen LogP contribution in [0.1, 0.15) is 16.2 Å². The van der Waals surface area contributed by atoms with Crippen molar-refractivity contribution >= 4 is 17.6 Å². The Bertz CT molecular complexity index is 583. The van der Waals surface area contributed by atoms with Gasteiger partial charge in [0.15, 0.2) is 0 Å². The summed E-state index contributed by atoms with van der Waals surface area (Å²) >= 11 is 0. The predicted octanol–water partition coefficient (Wildman–Crippen LogP) is 0.251. The molecule has 2 heterocycles. The number of carbonyl (C=O) groups excluding carboxylic acids is 1. The van der Waals surface area contributed by atoms with Gasteiger partial charge in [-0.1, -0.05) is 0 Å². The molecule has 0 saturated carbocycles. The summed E-state index contributed by atoms with van der Waals surface area (Å²) in [6.45, 7) is 0. The fraction of sp³-hybridized carbons (Fsp3) is 0. The Morgan fingerprint density at radius 2 is 1.93 bits per heavy atom. The Balaban J connectivity index is 2.37. The number of carbonyl (C=O) groups is 1. The van der Waals surface area contributed by atoms with E-state index in [9.17, 15) is 9.59 Å². The normalized spacial score (nSPS) is 17.6. The van der Waals surface area contributed by atoms with Gasteiger partial charge in [0.1, 0.15) is 5.69 Å². The van der Waals surface area contributed by atoms with E-state index >= 15 is 0 Å². The highest BCUT2D eigenvalue weighted by atomic mass is 16.1. The first-order chi connectivity index (χ1) is 6.75. The molecular weight excluding hydrogens is 182 g/mol. The predicted molar refractivity (Wildman–Crippen MR) is 50.3 cm³/mol.